The maximum atomic E-state index is 12.6. The lowest BCUT2D eigenvalue weighted by Gasteiger charge is -2.06. The summed E-state index contributed by atoms with van der Waals surface area (Å²) in [5.74, 6) is -0.844. The van der Waals surface area contributed by atoms with Gasteiger partial charge >= 0.3 is 0 Å². The average molecular weight is 266 g/mol. The number of nitrogens with one attached hydrogen (secondary N) is 2. The Kier molecular flexibility index (Phi) is 3.52. The van der Waals surface area contributed by atoms with Gasteiger partial charge in [-0.05, 0) is 26.0 Å². The number of pyridine rings is 1. The number of thiazole rings is 1. The standard InChI is InChI=1S/C11H11FN4OS/c1-6-10(18-7(2)14-6)11(17)16-15-8-3-4-9(12)13-5-8/h3-5,15H,1-2H3,(H,16,17). The molecule has 0 atom stereocenters. The molecular formula is C11H11FN4OS. The Labute approximate surface area is 107 Å². The fourth-order valence-electron chi connectivity index (χ4n) is 1.38. The lowest BCUT2D eigenvalue weighted by atomic mass is 10.4. The topological polar surface area (TPSA) is 66.9 Å². The van der Waals surface area contributed by atoms with E-state index in [1.807, 2.05) is 6.92 Å². The van der Waals surface area contributed by atoms with Crippen LogP contribution in [0.25, 0.3) is 0 Å². The first-order valence-electron chi connectivity index (χ1n) is 5.18. The van der Waals surface area contributed by atoms with Crippen molar-refractivity contribution in [1.82, 2.24) is 15.4 Å². The van der Waals surface area contributed by atoms with Crippen LogP contribution in [0.4, 0.5) is 10.1 Å². The number of amides is 1. The summed E-state index contributed by atoms with van der Waals surface area (Å²) in [6, 6.07) is 2.68. The van der Waals surface area contributed by atoms with Crippen LogP contribution >= 0.6 is 11.3 Å². The zero-order valence-corrected chi connectivity index (χ0v) is 10.6. The van der Waals surface area contributed by atoms with Crippen LogP contribution in [-0.2, 0) is 0 Å². The number of carbonyl (C=O) groups is 1. The molecule has 0 saturated carbocycles. The van der Waals surface area contributed by atoms with Crippen LogP contribution in [0.2, 0.25) is 0 Å². The number of anilines is 1. The van der Waals surface area contributed by atoms with Crippen LogP contribution in [0.15, 0.2) is 18.3 Å². The van der Waals surface area contributed by atoms with Crippen molar-refractivity contribution >= 4 is 22.9 Å². The first-order valence-corrected chi connectivity index (χ1v) is 6.00. The predicted molar refractivity (Wildman–Crippen MR) is 66.9 cm³/mol. The van der Waals surface area contributed by atoms with Crippen LogP contribution in [0.1, 0.15) is 20.4 Å². The number of nitrogens with zero attached hydrogens (tertiary/aromatic N) is 2. The maximum Gasteiger partial charge on any atom is 0.281 e. The van der Waals surface area contributed by atoms with E-state index in [1.54, 1.807) is 6.92 Å². The second-order valence-electron chi connectivity index (χ2n) is 3.60. The molecule has 0 unspecified atom stereocenters. The SMILES string of the molecule is Cc1nc(C)c(C(=O)NNc2ccc(F)nc2)s1. The smallest absolute Gasteiger partial charge is 0.281 e. The summed E-state index contributed by atoms with van der Waals surface area (Å²) in [5, 5.41) is 0.834. The number of hydrogen-bond acceptors (Lipinski definition) is 5. The van der Waals surface area contributed by atoms with Gasteiger partial charge in [0.2, 0.25) is 5.95 Å². The highest BCUT2D eigenvalue weighted by Crippen LogP contribution is 2.16. The number of rotatable bonds is 3. The van der Waals surface area contributed by atoms with E-state index in [2.05, 4.69) is 20.8 Å². The van der Waals surface area contributed by atoms with Crippen LogP contribution in [-0.4, -0.2) is 15.9 Å². The Morgan fingerprint density at radius 1 is 1.39 bits per heavy atom. The first-order chi connectivity index (χ1) is 8.56. The molecule has 0 bridgehead atoms. The number of aromatic nitrogens is 2. The molecule has 1 amide bonds. The van der Waals surface area contributed by atoms with E-state index in [1.165, 1.54) is 29.7 Å². The van der Waals surface area contributed by atoms with Gasteiger partial charge in [-0.3, -0.25) is 15.6 Å². The Morgan fingerprint density at radius 2 is 2.17 bits per heavy atom. The quantitative estimate of drug-likeness (QED) is 0.659. The highest BCUT2D eigenvalue weighted by Gasteiger charge is 2.13. The second-order valence-corrected chi connectivity index (χ2v) is 4.80. The lowest BCUT2D eigenvalue weighted by Crippen LogP contribution is -2.29. The van der Waals surface area contributed by atoms with Crippen LogP contribution in [0.5, 0.6) is 0 Å². The van der Waals surface area contributed by atoms with Crippen molar-refractivity contribution in [2.45, 2.75) is 13.8 Å². The molecule has 0 aromatic carbocycles. The molecule has 2 aromatic heterocycles. The molecule has 2 N–H and O–H groups in total. The highest BCUT2D eigenvalue weighted by molar-refractivity contribution is 7.13. The maximum absolute atomic E-state index is 12.6. The van der Waals surface area contributed by atoms with Crippen molar-refractivity contribution in [3.05, 3.63) is 39.9 Å². The van der Waals surface area contributed by atoms with Crippen molar-refractivity contribution in [2.75, 3.05) is 5.43 Å². The van der Waals surface area contributed by atoms with Crippen molar-refractivity contribution in [3.63, 3.8) is 0 Å². The van der Waals surface area contributed by atoms with Gasteiger partial charge in [0.15, 0.2) is 0 Å². The molecule has 5 nitrogen and oxygen atoms in total. The summed E-state index contributed by atoms with van der Waals surface area (Å²) in [6.07, 6.45) is 1.29. The van der Waals surface area contributed by atoms with Crippen molar-refractivity contribution in [2.24, 2.45) is 0 Å². The molecule has 0 spiro atoms. The zero-order chi connectivity index (χ0) is 13.1. The largest absolute Gasteiger partial charge is 0.297 e. The van der Waals surface area contributed by atoms with E-state index in [0.717, 1.165) is 5.01 Å². The molecule has 2 aromatic rings. The van der Waals surface area contributed by atoms with Gasteiger partial charge in [0.25, 0.3) is 5.91 Å². The number of hydrazine groups is 1. The number of carbonyl (C=O) groups excluding carboxylic acids is 1. The minimum Gasteiger partial charge on any atom is -0.297 e. The fourth-order valence-corrected chi connectivity index (χ4v) is 2.19. The molecule has 0 radical (unpaired) electrons. The Hall–Kier alpha value is -2.02. The molecule has 2 heterocycles. The molecule has 94 valence electrons. The first kappa shape index (κ1) is 12.4. The van der Waals surface area contributed by atoms with Gasteiger partial charge < -0.3 is 0 Å². The zero-order valence-electron chi connectivity index (χ0n) is 9.82. The molecule has 0 aliphatic rings. The third-order valence-corrected chi connectivity index (χ3v) is 3.23. The summed E-state index contributed by atoms with van der Waals surface area (Å²) < 4.78 is 12.6. The Balaban J connectivity index is 2.00. The van der Waals surface area contributed by atoms with E-state index >= 15 is 0 Å². The van der Waals surface area contributed by atoms with Gasteiger partial charge in [0, 0.05) is 0 Å². The van der Waals surface area contributed by atoms with Crippen molar-refractivity contribution in [1.29, 1.82) is 0 Å². The second kappa shape index (κ2) is 5.09. The number of halogens is 1. The highest BCUT2D eigenvalue weighted by atomic mass is 32.1. The van der Waals surface area contributed by atoms with Crippen LogP contribution in [0.3, 0.4) is 0 Å². The molecular weight excluding hydrogens is 255 g/mol. The molecule has 0 fully saturated rings. The minimum absolute atomic E-state index is 0.276. The van der Waals surface area contributed by atoms with E-state index < -0.39 is 5.95 Å². The minimum atomic E-state index is -0.569. The summed E-state index contributed by atoms with van der Waals surface area (Å²) in [7, 11) is 0. The normalized spacial score (nSPS) is 10.2. The van der Waals surface area contributed by atoms with Crippen molar-refractivity contribution < 1.29 is 9.18 Å². The van der Waals surface area contributed by atoms with E-state index in [-0.39, 0.29) is 5.91 Å². The monoisotopic (exact) mass is 266 g/mol. The van der Waals surface area contributed by atoms with Gasteiger partial charge in [0.1, 0.15) is 4.88 Å². The lowest BCUT2D eigenvalue weighted by molar-refractivity contribution is 0.0966. The molecule has 18 heavy (non-hydrogen) atoms. The molecule has 2 rings (SSSR count). The van der Waals surface area contributed by atoms with Gasteiger partial charge in [-0.25, -0.2) is 9.97 Å². The molecule has 0 saturated heterocycles. The summed E-state index contributed by atoms with van der Waals surface area (Å²) in [6.45, 7) is 3.61. The molecule has 0 aliphatic heterocycles. The Morgan fingerprint density at radius 3 is 2.72 bits per heavy atom. The van der Waals surface area contributed by atoms with E-state index in [0.29, 0.717) is 16.3 Å². The Bertz CT molecular complexity index is 567. The number of hydrogen-bond donors (Lipinski definition) is 2. The average Bonchev–Trinajstić information content (AvgIpc) is 2.67. The van der Waals surface area contributed by atoms with Crippen LogP contribution in [0, 0.1) is 19.8 Å². The fraction of sp³-hybridized carbons (Fsp3) is 0.182. The van der Waals surface area contributed by atoms with E-state index in [9.17, 15) is 9.18 Å². The predicted octanol–water partition coefficient (Wildman–Crippen LogP) is 2.05. The van der Waals surface area contributed by atoms with Gasteiger partial charge in [-0.1, -0.05) is 0 Å². The van der Waals surface area contributed by atoms with E-state index in [4.69, 9.17) is 0 Å². The van der Waals surface area contributed by atoms with Gasteiger partial charge in [-0.15, -0.1) is 11.3 Å². The van der Waals surface area contributed by atoms with Crippen LogP contribution < -0.4 is 10.9 Å². The third-order valence-electron chi connectivity index (χ3n) is 2.16. The molecule has 0 aliphatic carbocycles. The van der Waals surface area contributed by atoms with Gasteiger partial charge in [0.05, 0.1) is 22.6 Å². The summed E-state index contributed by atoms with van der Waals surface area (Å²) >= 11 is 1.32. The van der Waals surface area contributed by atoms with Crippen molar-refractivity contribution in [3.8, 4) is 0 Å². The summed E-state index contributed by atoms with van der Waals surface area (Å²) in [4.78, 5) is 20.0. The third kappa shape index (κ3) is 2.80. The number of aryl methyl sites for hydroxylation is 2. The molecule has 7 heteroatoms. The van der Waals surface area contributed by atoms with Gasteiger partial charge in [-0.2, -0.15) is 4.39 Å². The summed E-state index contributed by atoms with van der Waals surface area (Å²) in [5.41, 5.74) is 6.36.